The van der Waals surface area contributed by atoms with Gasteiger partial charge in [-0.1, -0.05) is 12.1 Å². The monoisotopic (exact) mass is 254 g/mol. The first-order valence-corrected chi connectivity index (χ1v) is 7.07. The minimum absolute atomic E-state index is 0.112. The maximum atomic E-state index is 8.81. The Morgan fingerprint density at radius 1 is 1.11 bits per heavy atom. The lowest BCUT2D eigenvalue weighted by atomic mass is 9.79. The SMILES string of the molecule is CC1(C(N)=NO)CCN(CCN2CCCC2)CC1. The molecule has 2 heterocycles. The molecule has 5 nitrogen and oxygen atoms in total. The second-order valence-electron chi connectivity index (χ2n) is 5.94. The molecule has 0 amide bonds. The molecule has 2 fully saturated rings. The van der Waals surface area contributed by atoms with E-state index in [2.05, 4.69) is 21.9 Å². The van der Waals surface area contributed by atoms with Crippen molar-refractivity contribution in [2.45, 2.75) is 32.6 Å². The molecule has 0 aromatic heterocycles. The van der Waals surface area contributed by atoms with E-state index in [1.807, 2.05) is 0 Å². The highest BCUT2D eigenvalue weighted by Crippen LogP contribution is 2.30. The van der Waals surface area contributed by atoms with Gasteiger partial charge in [-0.3, -0.25) is 0 Å². The van der Waals surface area contributed by atoms with Gasteiger partial charge in [0.25, 0.3) is 0 Å². The third-order valence-corrected chi connectivity index (χ3v) is 4.62. The molecule has 18 heavy (non-hydrogen) atoms. The molecule has 2 aliphatic heterocycles. The molecular weight excluding hydrogens is 228 g/mol. The molecule has 2 aliphatic rings. The van der Waals surface area contributed by atoms with E-state index in [0.717, 1.165) is 32.5 Å². The minimum atomic E-state index is -0.112. The topological polar surface area (TPSA) is 65.1 Å². The molecule has 0 saturated carbocycles. The normalized spacial score (nSPS) is 26.6. The number of hydrogen-bond acceptors (Lipinski definition) is 4. The Morgan fingerprint density at radius 2 is 1.61 bits per heavy atom. The summed E-state index contributed by atoms with van der Waals surface area (Å²) in [5, 5.41) is 12.0. The Morgan fingerprint density at radius 3 is 2.11 bits per heavy atom. The van der Waals surface area contributed by atoms with Crippen molar-refractivity contribution in [2.24, 2.45) is 16.3 Å². The first-order chi connectivity index (χ1) is 8.64. The van der Waals surface area contributed by atoms with Gasteiger partial charge in [0.1, 0.15) is 5.84 Å². The molecule has 0 radical (unpaired) electrons. The standard InChI is InChI=1S/C13H26N4O/c1-13(12(14)15-18)4-8-17(9-5-13)11-10-16-6-2-3-7-16/h18H,2-11H2,1H3,(H2,14,15). The van der Waals surface area contributed by atoms with Crippen LogP contribution >= 0.6 is 0 Å². The molecule has 5 heteroatoms. The second kappa shape index (κ2) is 5.89. The Kier molecular flexibility index (Phi) is 4.45. The molecule has 2 rings (SSSR count). The molecule has 0 aliphatic carbocycles. The summed E-state index contributed by atoms with van der Waals surface area (Å²) in [6, 6.07) is 0. The van der Waals surface area contributed by atoms with Gasteiger partial charge in [0.2, 0.25) is 0 Å². The van der Waals surface area contributed by atoms with Gasteiger partial charge in [-0.2, -0.15) is 0 Å². The van der Waals surface area contributed by atoms with Gasteiger partial charge in [0, 0.05) is 18.5 Å². The highest BCUT2D eigenvalue weighted by molar-refractivity contribution is 5.85. The van der Waals surface area contributed by atoms with E-state index in [1.165, 1.54) is 32.5 Å². The molecule has 0 bridgehead atoms. The number of piperidine rings is 1. The van der Waals surface area contributed by atoms with Crippen LogP contribution in [0.25, 0.3) is 0 Å². The van der Waals surface area contributed by atoms with Crippen LogP contribution in [0.5, 0.6) is 0 Å². The lowest BCUT2D eigenvalue weighted by Crippen LogP contribution is -2.47. The molecule has 0 unspecified atom stereocenters. The Labute approximate surface area is 110 Å². The summed E-state index contributed by atoms with van der Waals surface area (Å²) in [6.07, 6.45) is 4.70. The van der Waals surface area contributed by atoms with Crippen molar-refractivity contribution in [1.29, 1.82) is 0 Å². The Bertz CT molecular complexity index is 291. The third-order valence-electron chi connectivity index (χ3n) is 4.62. The first kappa shape index (κ1) is 13.6. The van der Waals surface area contributed by atoms with Crippen LogP contribution < -0.4 is 5.73 Å². The van der Waals surface area contributed by atoms with E-state index < -0.39 is 0 Å². The van der Waals surface area contributed by atoms with Gasteiger partial charge < -0.3 is 20.7 Å². The fraction of sp³-hybridized carbons (Fsp3) is 0.923. The van der Waals surface area contributed by atoms with Gasteiger partial charge in [-0.05, 0) is 51.9 Å². The highest BCUT2D eigenvalue weighted by atomic mass is 16.4. The van der Waals surface area contributed by atoms with E-state index in [0.29, 0.717) is 5.84 Å². The van der Waals surface area contributed by atoms with Crippen molar-refractivity contribution < 1.29 is 5.21 Å². The minimum Gasteiger partial charge on any atom is -0.409 e. The maximum absolute atomic E-state index is 8.81. The van der Waals surface area contributed by atoms with E-state index in [9.17, 15) is 0 Å². The number of oxime groups is 1. The summed E-state index contributed by atoms with van der Waals surface area (Å²) in [5.74, 6) is 0.390. The quantitative estimate of drug-likeness (QED) is 0.339. The largest absolute Gasteiger partial charge is 0.409 e. The van der Waals surface area contributed by atoms with Crippen LogP contribution in [0.3, 0.4) is 0 Å². The molecule has 0 atom stereocenters. The smallest absolute Gasteiger partial charge is 0.145 e. The van der Waals surface area contributed by atoms with E-state index in [4.69, 9.17) is 10.9 Å². The average molecular weight is 254 g/mol. The summed E-state index contributed by atoms with van der Waals surface area (Å²) in [5.41, 5.74) is 5.66. The van der Waals surface area contributed by atoms with Crippen molar-refractivity contribution in [2.75, 3.05) is 39.3 Å². The summed E-state index contributed by atoms with van der Waals surface area (Å²) in [7, 11) is 0. The van der Waals surface area contributed by atoms with Crippen molar-refractivity contribution in [3.8, 4) is 0 Å². The number of amidine groups is 1. The fourth-order valence-corrected chi connectivity index (χ4v) is 2.94. The zero-order valence-corrected chi connectivity index (χ0v) is 11.4. The van der Waals surface area contributed by atoms with Crippen LogP contribution in [0.1, 0.15) is 32.6 Å². The van der Waals surface area contributed by atoms with E-state index in [1.54, 1.807) is 0 Å². The van der Waals surface area contributed by atoms with Crippen LogP contribution in [0, 0.1) is 5.41 Å². The lowest BCUT2D eigenvalue weighted by molar-refractivity contribution is 0.144. The number of rotatable bonds is 4. The number of nitrogens with zero attached hydrogens (tertiary/aromatic N) is 3. The molecule has 2 saturated heterocycles. The number of hydrogen-bond donors (Lipinski definition) is 2. The van der Waals surface area contributed by atoms with Crippen LogP contribution in [-0.2, 0) is 0 Å². The van der Waals surface area contributed by atoms with Gasteiger partial charge in [-0.15, -0.1) is 0 Å². The zero-order valence-electron chi connectivity index (χ0n) is 11.4. The van der Waals surface area contributed by atoms with Crippen molar-refractivity contribution in [1.82, 2.24) is 9.80 Å². The summed E-state index contributed by atoms with van der Waals surface area (Å²) in [4.78, 5) is 5.06. The predicted octanol–water partition coefficient (Wildman–Crippen LogP) is 0.931. The highest BCUT2D eigenvalue weighted by Gasteiger charge is 2.34. The maximum Gasteiger partial charge on any atom is 0.145 e. The molecule has 3 N–H and O–H groups in total. The van der Waals surface area contributed by atoms with Gasteiger partial charge >= 0.3 is 0 Å². The summed E-state index contributed by atoms with van der Waals surface area (Å²) in [6.45, 7) is 9.11. The lowest BCUT2D eigenvalue weighted by Gasteiger charge is -2.38. The molecule has 104 valence electrons. The van der Waals surface area contributed by atoms with E-state index >= 15 is 0 Å². The van der Waals surface area contributed by atoms with Crippen LogP contribution in [0.2, 0.25) is 0 Å². The van der Waals surface area contributed by atoms with Crippen molar-refractivity contribution in [3.63, 3.8) is 0 Å². The second-order valence-corrected chi connectivity index (χ2v) is 5.94. The van der Waals surface area contributed by atoms with Crippen molar-refractivity contribution >= 4 is 5.84 Å². The first-order valence-electron chi connectivity index (χ1n) is 7.07. The molecule has 0 aromatic rings. The summed E-state index contributed by atoms with van der Waals surface area (Å²) < 4.78 is 0. The van der Waals surface area contributed by atoms with Gasteiger partial charge in [0.15, 0.2) is 0 Å². The molecule has 0 aromatic carbocycles. The third kappa shape index (κ3) is 3.14. The van der Waals surface area contributed by atoms with Crippen LogP contribution in [-0.4, -0.2) is 60.1 Å². The predicted molar refractivity (Wildman–Crippen MR) is 72.9 cm³/mol. The Balaban J connectivity index is 1.72. The van der Waals surface area contributed by atoms with Crippen LogP contribution in [0.4, 0.5) is 0 Å². The van der Waals surface area contributed by atoms with Crippen LogP contribution in [0.15, 0.2) is 5.16 Å². The summed E-state index contributed by atoms with van der Waals surface area (Å²) >= 11 is 0. The van der Waals surface area contributed by atoms with Gasteiger partial charge in [-0.25, -0.2) is 0 Å². The fourth-order valence-electron chi connectivity index (χ4n) is 2.94. The number of likely N-dealkylation sites (tertiary alicyclic amines) is 2. The Hall–Kier alpha value is -0.810. The average Bonchev–Trinajstić information content (AvgIpc) is 2.90. The molecule has 0 spiro atoms. The zero-order chi connectivity index (χ0) is 13.0. The van der Waals surface area contributed by atoms with Gasteiger partial charge in [0.05, 0.1) is 0 Å². The molecular formula is C13H26N4O. The number of nitrogens with two attached hydrogens (primary N) is 1. The van der Waals surface area contributed by atoms with Crippen molar-refractivity contribution in [3.05, 3.63) is 0 Å². The van der Waals surface area contributed by atoms with E-state index in [-0.39, 0.29) is 5.41 Å².